The van der Waals surface area contributed by atoms with Gasteiger partial charge in [0.2, 0.25) is 0 Å². The molecule has 1 atom stereocenters. The van der Waals surface area contributed by atoms with Crippen LogP contribution in [0.3, 0.4) is 0 Å². The molecule has 4 rings (SSSR count). The van der Waals surface area contributed by atoms with Crippen molar-refractivity contribution in [1.82, 2.24) is 25.1 Å². The second kappa shape index (κ2) is 5.73. The van der Waals surface area contributed by atoms with Gasteiger partial charge in [0.05, 0.1) is 22.8 Å². The van der Waals surface area contributed by atoms with Crippen LogP contribution >= 0.6 is 0 Å². The second-order valence-electron chi connectivity index (χ2n) is 6.17. The molecular weight excluding hydrogens is 322 g/mol. The molecule has 2 aromatic heterocycles. The van der Waals surface area contributed by atoms with Gasteiger partial charge < -0.3 is 15.4 Å². The molecule has 8 nitrogen and oxygen atoms in total. The lowest BCUT2D eigenvalue weighted by atomic mass is 10.0. The van der Waals surface area contributed by atoms with E-state index < -0.39 is 5.97 Å². The van der Waals surface area contributed by atoms with Crippen molar-refractivity contribution in [3.63, 3.8) is 0 Å². The fourth-order valence-corrected chi connectivity index (χ4v) is 3.31. The Labute approximate surface area is 142 Å². The van der Waals surface area contributed by atoms with Gasteiger partial charge in [-0.2, -0.15) is 5.10 Å². The van der Waals surface area contributed by atoms with Crippen LogP contribution in [0, 0.1) is 6.92 Å². The Morgan fingerprint density at radius 2 is 2.24 bits per heavy atom. The molecule has 8 heteroatoms. The number of hydrogen-bond donors (Lipinski definition) is 3. The highest BCUT2D eigenvalue weighted by Gasteiger charge is 2.26. The van der Waals surface area contributed by atoms with E-state index in [1.165, 1.54) is 6.07 Å². The van der Waals surface area contributed by atoms with Crippen molar-refractivity contribution >= 4 is 22.9 Å². The lowest BCUT2D eigenvalue weighted by Gasteiger charge is -2.24. The molecule has 1 unspecified atom stereocenters. The van der Waals surface area contributed by atoms with E-state index in [4.69, 9.17) is 5.11 Å². The van der Waals surface area contributed by atoms with E-state index in [-0.39, 0.29) is 17.6 Å². The number of carboxylic acid groups (broad SMARTS) is 1. The minimum atomic E-state index is -1.07. The Kier molecular flexibility index (Phi) is 3.52. The average Bonchev–Trinajstić information content (AvgIpc) is 3.17. The van der Waals surface area contributed by atoms with E-state index >= 15 is 0 Å². The van der Waals surface area contributed by atoms with Gasteiger partial charge in [-0.1, -0.05) is 6.07 Å². The number of imidazole rings is 1. The summed E-state index contributed by atoms with van der Waals surface area (Å²) in [7, 11) is 0. The largest absolute Gasteiger partial charge is 0.476 e. The van der Waals surface area contributed by atoms with Crippen molar-refractivity contribution < 1.29 is 14.7 Å². The van der Waals surface area contributed by atoms with Crippen LogP contribution in [-0.4, -0.2) is 36.7 Å². The molecule has 3 heterocycles. The van der Waals surface area contributed by atoms with Crippen LogP contribution in [0.25, 0.3) is 11.0 Å². The zero-order valence-electron chi connectivity index (χ0n) is 13.6. The van der Waals surface area contributed by atoms with Crippen LogP contribution in [0.5, 0.6) is 0 Å². The summed E-state index contributed by atoms with van der Waals surface area (Å²) in [4.78, 5) is 31.4. The molecule has 0 aliphatic carbocycles. The monoisotopic (exact) mass is 339 g/mol. The lowest BCUT2D eigenvalue weighted by molar-refractivity contribution is 0.0689. The molecule has 1 amide bonds. The zero-order chi connectivity index (χ0) is 17.6. The molecule has 1 aromatic carbocycles. The summed E-state index contributed by atoms with van der Waals surface area (Å²) in [5, 5.41) is 16.2. The number of fused-ring (bicyclic) bond motifs is 2. The molecule has 25 heavy (non-hydrogen) atoms. The second-order valence-corrected chi connectivity index (χ2v) is 6.17. The van der Waals surface area contributed by atoms with Crippen LogP contribution in [0.1, 0.15) is 51.2 Å². The third-order valence-corrected chi connectivity index (χ3v) is 4.43. The Hall–Kier alpha value is -3.16. The van der Waals surface area contributed by atoms with Gasteiger partial charge in [-0.05, 0) is 38.0 Å². The normalized spacial score (nSPS) is 16.6. The van der Waals surface area contributed by atoms with Crippen molar-refractivity contribution in [2.45, 2.75) is 32.4 Å². The van der Waals surface area contributed by atoms with Gasteiger partial charge in [0.25, 0.3) is 5.91 Å². The maximum Gasteiger partial charge on any atom is 0.356 e. The molecule has 1 aliphatic rings. The smallest absolute Gasteiger partial charge is 0.356 e. The third-order valence-electron chi connectivity index (χ3n) is 4.43. The number of aromatic nitrogens is 4. The number of hydrogen-bond acceptors (Lipinski definition) is 4. The number of amides is 1. The predicted molar refractivity (Wildman–Crippen MR) is 89.5 cm³/mol. The lowest BCUT2D eigenvalue weighted by Crippen LogP contribution is -2.32. The summed E-state index contributed by atoms with van der Waals surface area (Å²) in [5.74, 6) is -0.547. The van der Waals surface area contributed by atoms with E-state index in [2.05, 4.69) is 20.4 Å². The summed E-state index contributed by atoms with van der Waals surface area (Å²) in [6.07, 6.45) is 1.57. The molecule has 0 saturated carbocycles. The van der Waals surface area contributed by atoms with E-state index in [0.717, 1.165) is 29.9 Å². The fourth-order valence-electron chi connectivity index (χ4n) is 3.31. The number of nitrogens with zero attached hydrogens (tertiary/aromatic N) is 3. The van der Waals surface area contributed by atoms with Gasteiger partial charge in [-0.15, -0.1) is 0 Å². The number of aromatic carboxylic acids is 1. The Bertz CT molecular complexity index is 987. The molecule has 0 radical (unpaired) electrons. The van der Waals surface area contributed by atoms with Crippen LogP contribution < -0.4 is 5.32 Å². The van der Waals surface area contributed by atoms with E-state index in [1.54, 1.807) is 10.7 Å². The van der Waals surface area contributed by atoms with Crippen molar-refractivity contribution in [2.24, 2.45) is 0 Å². The van der Waals surface area contributed by atoms with Crippen molar-refractivity contribution in [3.05, 3.63) is 47.0 Å². The number of aryl methyl sites for hydroxylation is 2. The predicted octanol–water partition coefficient (Wildman–Crippen LogP) is 2.03. The average molecular weight is 339 g/mol. The van der Waals surface area contributed by atoms with Gasteiger partial charge in [0, 0.05) is 6.54 Å². The molecule has 1 aliphatic heterocycles. The number of carboxylic acids is 1. The highest BCUT2D eigenvalue weighted by Crippen LogP contribution is 2.26. The molecule has 0 bridgehead atoms. The van der Waals surface area contributed by atoms with Crippen LogP contribution in [0.15, 0.2) is 24.3 Å². The summed E-state index contributed by atoms with van der Waals surface area (Å²) in [5.41, 5.74) is 2.67. The minimum absolute atomic E-state index is 0.00109. The first kappa shape index (κ1) is 15.4. The van der Waals surface area contributed by atoms with Crippen LogP contribution in [0.4, 0.5) is 0 Å². The number of rotatable bonds is 3. The topological polar surface area (TPSA) is 113 Å². The number of para-hydroxylation sites is 1. The Balaban J connectivity index is 1.64. The number of benzene rings is 1. The molecule has 0 fully saturated rings. The van der Waals surface area contributed by atoms with Crippen LogP contribution in [0.2, 0.25) is 0 Å². The highest BCUT2D eigenvalue weighted by atomic mass is 16.4. The molecule has 128 valence electrons. The fraction of sp³-hybridized carbons (Fsp3) is 0.294. The Morgan fingerprint density at radius 1 is 1.40 bits per heavy atom. The SMILES string of the molecule is Cc1nc2c(C(=O)NC3CCCn4nc(C(=O)O)cc43)cccc2[nH]1. The van der Waals surface area contributed by atoms with Gasteiger partial charge in [-0.25, -0.2) is 9.78 Å². The first-order chi connectivity index (χ1) is 12.0. The molecule has 3 N–H and O–H groups in total. The summed E-state index contributed by atoms with van der Waals surface area (Å²) < 4.78 is 1.66. The number of nitrogens with one attached hydrogen (secondary N) is 2. The van der Waals surface area contributed by atoms with Gasteiger partial charge in [0.15, 0.2) is 5.69 Å². The van der Waals surface area contributed by atoms with E-state index in [1.807, 2.05) is 19.1 Å². The van der Waals surface area contributed by atoms with Crippen LogP contribution in [-0.2, 0) is 6.54 Å². The summed E-state index contributed by atoms with van der Waals surface area (Å²) in [6, 6.07) is 6.69. The first-order valence-electron chi connectivity index (χ1n) is 8.10. The number of carbonyl (C=O) groups is 2. The first-order valence-corrected chi connectivity index (χ1v) is 8.10. The summed E-state index contributed by atoms with van der Waals surface area (Å²) in [6.45, 7) is 2.50. The van der Waals surface area contributed by atoms with E-state index in [0.29, 0.717) is 17.6 Å². The molecule has 0 saturated heterocycles. The molecule has 0 spiro atoms. The number of carbonyl (C=O) groups excluding carboxylic acids is 1. The molecule has 3 aromatic rings. The van der Waals surface area contributed by atoms with Crippen molar-refractivity contribution in [1.29, 1.82) is 0 Å². The highest BCUT2D eigenvalue weighted by molar-refractivity contribution is 6.05. The van der Waals surface area contributed by atoms with Gasteiger partial charge >= 0.3 is 5.97 Å². The Morgan fingerprint density at radius 3 is 3.04 bits per heavy atom. The van der Waals surface area contributed by atoms with Crippen molar-refractivity contribution in [2.75, 3.05) is 0 Å². The van der Waals surface area contributed by atoms with Gasteiger partial charge in [-0.3, -0.25) is 9.48 Å². The third kappa shape index (κ3) is 2.65. The van der Waals surface area contributed by atoms with Gasteiger partial charge in [0.1, 0.15) is 11.3 Å². The number of aromatic amines is 1. The number of H-pyrrole nitrogens is 1. The molecular formula is C17H17N5O3. The maximum atomic E-state index is 12.8. The van der Waals surface area contributed by atoms with E-state index in [9.17, 15) is 9.59 Å². The quantitative estimate of drug-likeness (QED) is 0.676. The summed E-state index contributed by atoms with van der Waals surface area (Å²) >= 11 is 0. The zero-order valence-corrected chi connectivity index (χ0v) is 13.6. The maximum absolute atomic E-state index is 12.8. The minimum Gasteiger partial charge on any atom is -0.476 e. The standard InChI is InChI=1S/C17H17N5O3/c1-9-18-12-5-2-4-10(15(12)19-9)16(23)20-11-6-3-7-22-14(11)8-13(21-22)17(24)25/h2,4-5,8,11H,3,6-7H2,1H3,(H,18,19)(H,20,23)(H,24,25). The van der Waals surface area contributed by atoms with Crippen molar-refractivity contribution in [3.8, 4) is 0 Å².